The van der Waals surface area contributed by atoms with Crippen LogP contribution in [0.1, 0.15) is 30.6 Å². The molecule has 1 aliphatic rings. The highest BCUT2D eigenvalue weighted by molar-refractivity contribution is 5.74. The topological polar surface area (TPSA) is 66.3 Å². The van der Waals surface area contributed by atoms with E-state index in [-0.39, 0.29) is 12.1 Å². The average Bonchev–Trinajstić information content (AvgIpc) is 2.91. The Kier molecular flexibility index (Phi) is 5.65. The molecule has 0 saturated carbocycles. The molecule has 25 heavy (non-hydrogen) atoms. The van der Waals surface area contributed by atoms with E-state index >= 15 is 0 Å². The molecule has 0 bridgehead atoms. The van der Waals surface area contributed by atoms with Crippen LogP contribution in [0.15, 0.2) is 36.8 Å². The van der Waals surface area contributed by atoms with Crippen LogP contribution < -0.4 is 5.32 Å². The summed E-state index contributed by atoms with van der Waals surface area (Å²) in [5, 5.41) is 7.24. The standard InChI is InChI=1S/C18H26N6O/c1-15(16-12-20-22(2)13-16)21-18(25)24-9-5-8-23(10-11-24)14-17-6-3-4-7-19-17/h3-4,6-7,12-13,15H,5,8-11,14H2,1-2H3,(H,21,25). The van der Waals surface area contributed by atoms with Crippen LogP contribution >= 0.6 is 0 Å². The molecule has 1 atom stereocenters. The van der Waals surface area contributed by atoms with Crippen molar-refractivity contribution in [3.8, 4) is 0 Å². The smallest absolute Gasteiger partial charge is 0.317 e. The molecular weight excluding hydrogens is 316 g/mol. The van der Waals surface area contributed by atoms with Gasteiger partial charge in [0.05, 0.1) is 17.9 Å². The lowest BCUT2D eigenvalue weighted by molar-refractivity contribution is 0.194. The third-order valence-electron chi connectivity index (χ3n) is 4.55. The molecule has 0 aliphatic carbocycles. The molecule has 2 aromatic heterocycles. The van der Waals surface area contributed by atoms with E-state index in [0.717, 1.165) is 50.4 Å². The van der Waals surface area contributed by atoms with Crippen molar-refractivity contribution in [2.24, 2.45) is 7.05 Å². The van der Waals surface area contributed by atoms with E-state index in [4.69, 9.17) is 0 Å². The van der Waals surface area contributed by atoms with Crippen LogP contribution in [0.25, 0.3) is 0 Å². The molecule has 3 heterocycles. The first-order valence-corrected chi connectivity index (χ1v) is 8.78. The molecule has 0 spiro atoms. The third-order valence-corrected chi connectivity index (χ3v) is 4.55. The van der Waals surface area contributed by atoms with Crippen molar-refractivity contribution >= 4 is 6.03 Å². The number of urea groups is 1. The summed E-state index contributed by atoms with van der Waals surface area (Å²) in [6.45, 7) is 6.19. The molecule has 0 aromatic carbocycles. The number of carbonyl (C=O) groups is 1. The number of aromatic nitrogens is 3. The minimum Gasteiger partial charge on any atom is -0.331 e. The van der Waals surface area contributed by atoms with E-state index in [0.29, 0.717) is 0 Å². The summed E-state index contributed by atoms with van der Waals surface area (Å²) < 4.78 is 1.75. The molecule has 2 aromatic rings. The number of amides is 2. The Hall–Kier alpha value is -2.41. The summed E-state index contributed by atoms with van der Waals surface area (Å²) in [6, 6.07) is 5.94. The van der Waals surface area contributed by atoms with Crippen LogP contribution in [0.4, 0.5) is 4.79 Å². The Morgan fingerprint density at radius 1 is 1.28 bits per heavy atom. The minimum absolute atomic E-state index is 0.00367. The van der Waals surface area contributed by atoms with Gasteiger partial charge in [-0.25, -0.2) is 4.79 Å². The molecule has 1 saturated heterocycles. The Labute approximate surface area is 148 Å². The highest BCUT2D eigenvalue weighted by atomic mass is 16.2. The lowest BCUT2D eigenvalue weighted by Crippen LogP contribution is -2.42. The van der Waals surface area contributed by atoms with Crippen LogP contribution in [0.5, 0.6) is 0 Å². The van der Waals surface area contributed by atoms with Crippen molar-refractivity contribution < 1.29 is 4.79 Å². The van der Waals surface area contributed by atoms with Crippen LogP contribution in [-0.4, -0.2) is 56.8 Å². The zero-order valence-electron chi connectivity index (χ0n) is 14.9. The van der Waals surface area contributed by atoms with Gasteiger partial charge in [0.25, 0.3) is 0 Å². The van der Waals surface area contributed by atoms with Gasteiger partial charge in [0.15, 0.2) is 0 Å². The van der Waals surface area contributed by atoms with E-state index < -0.39 is 0 Å². The van der Waals surface area contributed by atoms with Gasteiger partial charge in [-0.3, -0.25) is 14.6 Å². The SMILES string of the molecule is CC(NC(=O)N1CCCN(Cc2ccccn2)CC1)c1cnn(C)c1. The summed E-state index contributed by atoms with van der Waals surface area (Å²) in [5.74, 6) is 0. The van der Waals surface area contributed by atoms with Gasteiger partial charge in [0.2, 0.25) is 0 Å². The lowest BCUT2D eigenvalue weighted by Gasteiger charge is -2.24. The Morgan fingerprint density at radius 3 is 2.88 bits per heavy atom. The van der Waals surface area contributed by atoms with E-state index in [1.54, 1.807) is 10.9 Å². The van der Waals surface area contributed by atoms with Crippen molar-refractivity contribution in [3.05, 3.63) is 48.0 Å². The summed E-state index contributed by atoms with van der Waals surface area (Å²) >= 11 is 0. The first kappa shape index (κ1) is 17.4. The second-order valence-corrected chi connectivity index (χ2v) is 6.56. The van der Waals surface area contributed by atoms with Crippen molar-refractivity contribution in [1.82, 2.24) is 29.9 Å². The van der Waals surface area contributed by atoms with Gasteiger partial charge in [0, 0.05) is 57.7 Å². The molecule has 134 valence electrons. The summed E-state index contributed by atoms with van der Waals surface area (Å²) in [7, 11) is 1.88. The van der Waals surface area contributed by atoms with E-state index in [2.05, 4.69) is 20.3 Å². The maximum Gasteiger partial charge on any atom is 0.317 e. The number of nitrogens with one attached hydrogen (secondary N) is 1. The third kappa shape index (κ3) is 4.79. The fourth-order valence-corrected chi connectivity index (χ4v) is 3.08. The van der Waals surface area contributed by atoms with Crippen LogP contribution in [-0.2, 0) is 13.6 Å². The van der Waals surface area contributed by atoms with E-state index in [1.165, 1.54) is 0 Å². The maximum absolute atomic E-state index is 12.6. The number of hydrogen-bond acceptors (Lipinski definition) is 4. The predicted molar refractivity (Wildman–Crippen MR) is 95.9 cm³/mol. The lowest BCUT2D eigenvalue weighted by atomic mass is 10.2. The number of hydrogen-bond donors (Lipinski definition) is 1. The molecule has 2 amide bonds. The van der Waals surface area contributed by atoms with E-state index in [1.807, 2.05) is 49.5 Å². The largest absolute Gasteiger partial charge is 0.331 e. The summed E-state index contributed by atoms with van der Waals surface area (Å²) in [6.07, 6.45) is 6.53. The Balaban J connectivity index is 1.51. The fraction of sp³-hybridized carbons (Fsp3) is 0.500. The molecule has 1 fully saturated rings. The summed E-state index contributed by atoms with van der Waals surface area (Å²) in [5.41, 5.74) is 2.09. The molecule has 0 radical (unpaired) electrons. The van der Waals surface area contributed by atoms with Crippen LogP contribution in [0, 0.1) is 0 Å². The number of rotatable bonds is 4. The van der Waals surface area contributed by atoms with Gasteiger partial charge in [-0.15, -0.1) is 0 Å². The van der Waals surface area contributed by atoms with Gasteiger partial charge in [0.1, 0.15) is 0 Å². The highest BCUT2D eigenvalue weighted by Crippen LogP contribution is 2.12. The maximum atomic E-state index is 12.6. The number of carbonyl (C=O) groups excluding carboxylic acids is 1. The Morgan fingerprint density at radius 2 is 2.16 bits per heavy atom. The van der Waals surface area contributed by atoms with Crippen LogP contribution in [0.3, 0.4) is 0 Å². The zero-order chi connectivity index (χ0) is 17.6. The van der Waals surface area contributed by atoms with E-state index in [9.17, 15) is 4.79 Å². The predicted octanol–water partition coefficient (Wildman–Crippen LogP) is 1.79. The van der Waals surface area contributed by atoms with Crippen molar-refractivity contribution in [3.63, 3.8) is 0 Å². The van der Waals surface area contributed by atoms with Gasteiger partial charge < -0.3 is 10.2 Å². The van der Waals surface area contributed by atoms with Crippen molar-refractivity contribution in [2.45, 2.75) is 25.9 Å². The van der Waals surface area contributed by atoms with Gasteiger partial charge in [-0.1, -0.05) is 6.07 Å². The number of aryl methyl sites for hydroxylation is 1. The quantitative estimate of drug-likeness (QED) is 0.920. The molecule has 1 unspecified atom stereocenters. The second kappa shape index (κ2) is 8.11. The molecule has 3 rings (SSSR count). The Bertz CT molecular complexity index is 686. The molecular formula is C18H26N6O. The first-order valence-electron chi connectivity index (χ1n) is 8.78. The molecule has 7 heteroatoms. The van der Waals surface area contributed by atoms with Gasteiger partial charge in [-0.05, 0) is 25.5 Å². The second-order valence-electron chi connectivity index (χ2n) is 6.56. The van der Waals surface area contributed by atoms with Gasteiger partial charge in [-0.2, -0.15) is 5.10 Å². The van der Waals surface area contributed by atoms with Gasteiger partial charge >= 0.3 is 6.03 Å². The van der Waals surface area contributed by atoms with Crippen molar-refractivity contribution in [1.29, 1.82) is 0 Å². The average molecular weight is 342 g/mol. The normalized spacial score (nSPS) is 17.1. The minimum atomic E-state index is -0.0472. The summed E-state index contributed by atoms with van der Waals surface area (Å²) in [4.78, 5) is 21.2. The molecule has 1 N–H and O–H groups in total. The molecule has 1 aliphatic heterocycles. The number of pyridine rings is 1. The highest BCUT2D eigenvalue weighted by Gasteiger charge is 2.21. The first-order chi connectivity index (χ1) is 12.1. The number of nitrogens with zero attached hydrogens (tertiary/aromatic N) is 5. The van der Waals surface area contributed by atoms with Crippen LogP contribution in [0.2, 0.25) is 0 Å². The zero-order valence-corrected chi connectivity index (χ0v) is 14.9. The monoisotopic (exact) mass is 342 g/mol. The van der Waals surface area contributed by atoms with Crippen molar-refractivity contribution in [2.75, 3.05) is 26.2 Å². The fourth-order valence-electron chi connectivity index (χ4n) is 3.08. The molecule has 7 nitrogen and oxygen atoms in total.